The smallest absolute Gasteiger partial charge is 0.241 e. The maximum Gasteiger partial charge on any atom is 0.241 e. The Morgan fingerprint density at radius 2 is 2.00 bits per heavy atom. The van der Waals surface area contributed by atoms with Gasteiger partial charge in [0.25, 0.3) is 0 Å². The third-order valence-electron chi connectivity index (χ3n) is 5.42. The number of nitrogens with zero attached hydrogens (tertiary/aromatic N) is 2. The van der Waals surface area contributed by atoms with Crippen LogP contribution < -0.4 is 14.8 Å². The molecule has 1 fully saturated rings. The molecule has 6 nitrogen and oxygen atoms in total. The average molecular weight is 412 g/mol. The SMILES string of the molecule is COc1ccc(NC(=O)C(C)N2CCCC2c2nc3ccccc3s2)cc1OC. The molecule has 4 rings (SSSR count). The number of amides is 1. The van der Waals surface area contributed by atoms with Gasteiger partial charge in [-0.15, -0.1) is 11.3 Å². The van der Waals surface area contributed by atoms with Gasteiger partial charge in [0.05, 0.1) is 36.5 Å². The Hall–Kier alpha value is -2.64. The molecule has 1 amide bonds. The van der Waals surface area contributed by atoms with E-state index in [1.54, 1.807) is 37.7 Å². The molecule has 1 aromatic heterocycles. The van der Waals surface area contributed by atoms with Gasteiger partial charge in [-0.1, -0.05) is 12.1 Å². The number of thiazole rings is 1. The van der Waals surface area contributed by atoms with E-state index in [1.165, 1.54) is 4.70 Å². The number of likely N-dealkylation sites (tertiary alicyclic amines) is 1. The highest BCUT2D eigenvalue weighted by Crippen LogP contribution is 2.38. The highest BCUT2D eigenvalue weighted by molar-refractivity contribution is 7.18. The Balaban J connectivity index is 1.50. The Morgan fingerprint density at radius 3 is 2.76 bits per heavy atom. The van der Waals surface area contributed by atoms with Crippen LogP contribution in [0.2, 0.25) is 0 Å². The molecule has 1 N–H and O–H groups in total. The van der Waals surface area contributed by atoms with Crippen LogP contribution in [0.25, 0.3) is 10.2 Å². The molecule has 7 heteroatoms. The zero-order valence-corrected chi connectivity index (χ0v) is 17.7. The Morgan fingerprint density at radius 1 is 1.21 bits per heavy atom. The lowest BCUT2D eigenvalue weighted by Gasteiger charge is -2.28. The molecule has 0 aliphatic carbocycles. The highest BCUT2D eigenvalue weighted by atomic mass is 32.1. The van der Waals surface area contributed by atoms with Crippen molar-refractivity contribution in [2.75, 3.05) is 26.1 Å². The minimum Gasteiger partial charge on any atom is -0.493 e. The standard InChI is InChI=1S/C22H25N3O3S/c1-14(21(26)23-15-10-11-18(27-2)19(13-15)28-3)25-12-6-8-17(25)22-24-16-7-4-5-9-20(16)29-22/h4-5,7,9-11,13-14,17H,6,8,12H2,1-3H3,(H,23,26). The van der Waals surface area contributed by atoms with Crippen molar-refractivity contribution in [2.45, 2.75) is 31.8 Å². The second-order valence-corrected chi connectivity index (χ2v) is 8.21. The molecule has 2 aromatic carbocycles. The molecule has 29 heavy (non-hydrogen) atoms. The Kier molecular flexibility index (Phi) is 5.69. The number of hydrogen-bond acceptors (Lipinski definition) is 6. The summed E-state index contributed by atoms with van der Waals surface area (Å²) in [6.07, 6.45) is 2.09. The van der Waals surface area contributed by atoms with E-state index in [0.717, 1.165) is 29.9 Å². The van der Waals surface area contributed by atoms with Gasteiger partial charge in [-0.25, -0.2) is 4.98 Å². The minimum absolute atomic E-state index is 0.0368. The minimum atomic E-state index is -0.261. The maximum absolute atomic E-state index is 13.0. The first kappa shape index (κ1) is 19.7. The van der Waals surface area contributed by atoms with Crippen molar-refractivity contribution in [1.29, 1.82) is 0 Å². The zero-order valence-electron chi connectivity index (χ0n) is 16.8. The number of para-hydroxylation sites is 1. The molecule has 0 bridgehead atoms. The molecule has 0 radical (unpaired) electrons. The highest BCUT2D eigenvalue weighted by Gasteiger charge is 2.34. The first-order chi connectivity index (χ1) is 14.1. The van der Waals surface area contributed by atoms with Gasteiger partial charge in [0, 0.05) is 11.8 Å². The van der Waals surface area contributed by atoms with Crippen LogP contribution in [0.1, 0.15) is 30.8 Å². The second kappa shape index (κ2) is 8.39. The molecule has 2 atom stereocenters. The summed E-state index contributed by atoms with van der Waals surface area (Å²) in [5.74, 6) is 1.19. The number of carbonyl (C=O) groups is 1. The van der Waals surface area contributed by atoms with Crippen molar-refractivity contribution in [3.63, 3.8) is 0 Å². The third-order valence-corrected chi connectivity index (χ3v) is 6.56. The van der Waals surface area contributed by atoms with Gasteiger partial charge in [0.15, 0.2) is 11.5 Å². The van der Waals surface area contributed by atoms with Crippen LogP contribution in [0.5, 0.6) is 11.5 Å². The molecule has 3 aromatic rings. The lowest BCUT2D eigenvalue weighted by molar-refractivity contribution is -0.121. The summed E-state index contributed by atoms with van der Waals surface area (Å²) in [4.78, 5) is 20.0. The summed E-state index contributed by atoms with van der Waals surface area (Å²) >= 11 is 1.73. The van der Waals surface area contributed by atoms with Crippen molar-refractivity contribution < 1.29 is 14.3 Å². The van der Waals surface area contributed by atoms with Crippen LogP contribution in [0, 0.1) is 0 Å². The van der Waals surface area contributed by atoms with Crippen molar-refractivity contribution in [2.24, 2.45) is 0 Å². The van der Waals surface area contributed by atoms with Gasteiger partial charge >= 0.3 is 0 Å². The van der Waals surface area contributed by atoms with Crippen LogP contribution in [-0.2, 0) is 4.79 Å². The number of benzene rings is 2. The van der Waals surface area contributed by atoms with E-state index in [1.807, 2.05) is 31.2 Å². The van der Waals surface area contributed by atoms with Gasteiger partial charge in [-0.3, -0.25) is 9.69 Å². The lowest BCUT2D eigenvalue weighted by Crippen LogP contribution is -2.41. The van der Waals surface area contributed by atoms with Crippen LogP contribution in [0.15, 0.2) is 42.5 Å². The molecule has 1 aliphatic heterocycles. The predicted molar refractivity (Wildman–Crippen MR) is 116 cm³/mol. The topological polar surface area (TPSA) is 63.7 Å². The van der Waals surface area contributed by atoms with Gasteiger partial charge in [-0.05, 0) is 50.6 Å². The van der Waals surface area contributed by atoms with Crippen LogP contribution in [0.3, 0.4) is 0 Å². The lowest BCUT2D eigenvalue weighted by atomic mass is 10.2. The number of hydrogen-bond donors (Lipinski definition) is 1. The maximum atomic E-state index is 13.0. The van der Waals surface area contributed by atoms with Gasteiger partial charge in [-0.2, -0.15) is 0 Å². The molecule has 2 unspecified atom stereocenters. The first-order valence-corrected chi connectivity index (χ1v) is 10.6. The van der Waals surface area contributed by atoms with Gasteiger partial charge in [0.1, 0.15) is 5.01 Å². The number of rotatable bonds is 6. The van der Waals surface area contributed by atoms with Crippen LogP contribution in [0.4, 0.5) is 5.69 Å². The average Bonchev–Trinajstić information content (AvgIpc) is 3.39. The van der Waals surface area contributed by atoms with E-state index in [4.69, 9.17) is 14.5 Å². The van der Waals surface area contributed by atoms with Crippen molar-refractivity contribution in [3.8, 4) is 11.5 Å². The fourth-order valence-electron chi connectivity index (χ4n) is 3.86. The number of carbonyl (C=O) groups excluding carboxylic acids is 1. The van der Waals surface area contributed by atoms with E-state index < -0.39 is 0 Å². The van der Waals surface area contributed by atoms with Gasteiger partial charge < -0.3 is 14.8 Å². The summed E-state index contributed by atoms with van der Waals surface area (Å²) in [6.45, 7) is 2.85. The summed E-state index contributed by atoms with van der Waals surface area (Å²) in [5, 5.41) is 4.10. The molecule has 152 valence electrons. The third kappa shape index (κ3) is 3.93. The number of fused-ring (bicyclic) bond motifs is 1. The first-order valence-electron chi connectivity index (χ1n) is 9.75. The van der Waals surface area contributed by atoms with Crippen LogP contribution >= 0.6 is 11.3 Å². The monoisotopic (exact) mass is 411 g/mol. The van der Waals surface area contributed by atoms with E-state index in [9.17, 15) is 4.79 Å². The molecule has 0 spiro atoms. The number of anilines is 1. The Labute approximate surface area is 174 Å². The number of methoxy groups -OCH3 is 2. The van der Waals surface area contributed by atoms with Crippen molar-refractivity contribution >= 4 is 33.1 Å². The summed E-state index contributed by atoms with van der Waals surface area (Å²) in [5.41, 5.74) is 1.72. The zero-order chi connectivity index (χ0) is 20.4. The van der Waals surface area contributed by atoms with Crippen molar-refractivity contribution in [3.05, 3.63) is 47.5 Å². The largest absolute Gasteiger partial charge is 0.493 e. The number of nitrogens with one attached hydrogen (secondary N) is 1. The molecular weight excluding hydrogens is 386 g/mol. The molecule has 2 heterocycles. The van der Waals surface area contributed by atoms with E-state index in [-0.39, 0.29) is 18.0 Å². The van der Waals surface area contributed by atoms with E-state index >= 15 is 0 Å². The summed E-state index contributed by atoms with van der Waals surface area (Å²) in [6, 6.07) is 13.5. The molecule has 1 saturated heterocycles. The molecular formula is C22H25N3O3S. The number of aromatic nitrogens is 1. The van der Waals surface area contributed by atoms with Crippen LogP contribution in [-0.4, -0.2) is 42.6 Å². The van der Waals surface area contributed by atoms with Crippen molar-refractivity contribution in [1.82, 2.24) is 9.88 Å². The fourth-order valence-corrected chi connectivity index (χ4v) is 4.99. The normalized spacial score (nSPS) is 18.0. The summed E-state index contributed by atoms with van der Waals surface area (Å²) < 4.78 is 11.8. The molecule has 1 aliphatic rings. The van der Waals surface area contributed by atoms with Gasteiger partial charge in [0.2, 0.25) is 5.91 Å². The Bertz CT molecular complexity index is 986. The molecule has 0 saturated carbocycles. The summed E-state index contributed by atoms with van der Waals surface area (Å²) in [7, 11) is 3.17. The van der Waals surface area contributed by atoms with E-state index in [0.29, 0.717) is 17.2 Å². The second-order valence-electron chi connectivity index (χ2n) is 7.15. The predicted octanol–water partition coefficient (Wildman–Crippen LogP) is 4.48. The quantitative estimate of drug-likeness (QED) is 0.648. The fraction of sp³-hybridized carbons (Fsp3) is 0.364. The van der Waals surface area contributed by atoms with E-state index in [2.05, 4.69) is 16.3 Å². The number of ether oxygens (including phenoxy) is 2.